The monoisotopic (exact) mass is 339 g/mol. The van der Waals surface area contributed by atoms with Crippen molar-refractivity contribution in [2.45, 2.75) is 31.6 Å². The number of benzene rings is 1. The summed E-state index contributed by atoms with van der Waals surface area (Å²) < 4.78 is 1.71. The second-order valence-electron chi connectivity index (χ2n) is 6.90. The van der Waals surface area contributed by atoms with E-state index in [1.807, 2.05) is 36.4 Å². The fraction of sp³-hybridized carbons (Fsp3) is 0.421. The molecule has 0 bridgehead atoms. The van der Waals surface area contributed by atoms with E-state index >= 15 is 0 Å². The molecule has 0 spiro atoms. The number of carboxylic acid groups (broad SMARTS) is 1. The summed E-state index contributed by atoms with van der Waals surface area (Å²) >= 11 is 0. The normalized spacial score (nSPS) is 20.5. The molecule has 6 heteroatoms. The van der Waals surface area contributed by atoms with Gasteiger partial charge in [0.1, 0.15) is 5.69 Å². The Morgan fingerprint density at radius 1 is 1.12 bits per heavy atom. The molecule has 130 valence electrons. The van der Waals surface area contributed by atoms with Crippen molar-refractivity contribution in [1.82, 2.24) is 14.7 Å². The molecule has 2 aliphatic rings. The molecule has 1 aliphatic heterocycles. The first-order chi connectivity index (χ1) is 12.1. The fourth-order valence-electron chi connectivity index (χ4n) is 3.42. The number of aliphatic carboxylic acids is 1. The summed E-state index contributed by atoms with van der Waals surface area (Å²) in [5.41, 5.74) is 2.34. The third-order valence-electron chi connectivity index (χ3n) is 5.00. The summed E-state index contributed by atoms with van der Waals surface area (Å²) in [5.74, 6) is -0.986. The third-order valence-corrected chi connectivity index (χ3v) is 5.00. The minimum absolute atomic E-state index is 0.130. The van der Waals surface area contributed by atoms with E-state index in [4.69, 9.17) is 0 Å². The highest BCUT2D eigenvalue weighted by atomic mass is 16.4. The zero-order chi connectivity index (χ0) is 17.4. The van der Waals surface area contributed by atoms with E-state index in [1.165, 1.54) is 0 Å². The van der Waals surface area contributed by atoms with Gasteiger partial charge in [-0.3, -0.25) is 9.59 Å². The molecule has 1 saturated carbocycles. The molecule has 1 aromatic heterocycles. The lowest BCUT2D eigenvalue weighted by atomic mass is 9.98. The summed E-state index contributed by atoms with van der Waals surface area (Å²) in [5, 5.41) is 13.9. The Morgan fingerprint density at radius 3 is 2.56 bits per heavy atom. The van der Waals surface area contributed by atoms with Crippen molar-refractivity contribution in [3.8, 4) is 5.69 Å². The number of aromatic nitrogens is 2. The van der Waals surface area contributed by atoms with E-state index in [1.54, 1.807) is 9.58 Å². The van der Waals surface area contributed by atoms with Crippen LogP contribution in [0, 0.1) is 5.92 Å². The molecule has 1 atom stereocenters. The Bertz CT molecular complexity index is 796. The molecule has 4 rings (SSSR count). The van der Waals surface area contributed by atoms with Gasteiger partial charge in [0.05, 0.1) is 17.3 Å². The van der Waals surface area contributed by atoms with Crippen molar-refractivity contribution in [2.24, 2.45) is 5.92 Å². The summed E-state index contributed by atoms with van der Waals surface area (Å²) in [6.45, 7) is 0.869. The number of rotatable bonds is 4. The van der Waals surface area contributed by atoms with Gasteiger partial charge in [-0.05, 0) is 43.9 Å². The first kappa shape index (κ1) is 15.9. The number of carbonyl (C=O) groups excluding carboxylic acids is 1. The van der Waals surface area contributed by atoms with Crippen molar-refractivity contribution in [3.63, 3.8) is 0 Å². The van der Waals surface area contributed by atoms with Gasteiger partial charge < -0.3 is 10.0 Å². The topological polar surface area (TPSA) is 75.4 Å². The summed E-state index contributed by atoms with van der Waals surface area (Å²) in [4.78, 5) is 26.0. The first-order valence-corrected chi connectivity index (χ1v) is 8.81. The molecule has 0 unspecified atom stereocenters. The van der Waals surface area contributed by atoms with Gasteiger partial charge in [0, 0.05) is 19.0 Å². The minimum atomic E-state index is -0.826. The Morgan fingerprint density at radius 2 is 1.88 bits per heavy atom. The van der Waals surface area contributed by atoms with E-state index in [9.17, 15) is 14.7 Å². The maximum Gasteiger partial charge on any atom is 0.308 e. The second kappa shape index (κ2) is 6.35. The molecule has 25 heavy (non-hydrogen) atoms. The SMILES string of the molecule is O=C(O)[C@H]1CCCN(C(=O)c2cc(C3CC3)nn2-c2ccccc2)C1. The molecule has 2 heterocycles. The van der Waals surface area contributed by atoms with E-state index in [2.05, 4.69) is 5.10 Å². The highest BCUT2D eigenvalue weighted by Crippen LogP contribution is 2.40. The lowest BCUT2D eigenvalue weighted by molar-refractivity contribution is -0.143. The van der Waals surface area contributed by atoms with Gasteiger partial charge in [0.2, 0.25) is 0 Å². The average Bonchev–Trinajstić information content (AvgIpc) is 3.40. The van der Waals surface area contributed by atoms with Crippen LogP contribution in [0.25, 0.3) is 5.69 Å². The molecule has 1 amide bonds. The number of piperidine rings is 1. The van der Waals surface area contributed by atoms with Crippen LogP contribution in [0.1, 0.15) is 47.8 Å². The van der Waals surface area contributed by atoms with Crippen LogP contribution < -0.4 is 0 Å². The second-order valence-corrected chi connectivity index (χ2v) is 6.90. The standard InChI is InChI=1S/C19H21N3O3/c23-18(21-10-4-5-14(12-21)19(24)25)17-11-16(13-8-9-13)20-22(17)15-6-2-1-3-7-15/h1-3,6-7,11,13-14H,4-5,8-10,12H2,(H,24,25)/t14-/m0/s1. The van der Waals surface area contributed by atoms with Crippen LogP contribution in [0.5, 0.6) is 0 Å². The summed E-state index contributed by atoms with van der Waals surface area (Å²) in [7, 11) is 0. The number of carboxylic acids is 1. The predicted octanol–water partition coefficient (Wildman–Crippen LogP) is 2.69. The van der Waals surface area contributed by atoms with Gasteiger partial charge in [-0.1, -0.05) is 18.2 Å². The van der Waals surface area contributed by atoms with Crippen LogP contribution >= 0.6 is 0 Å². The Labute approximate surface area is 146 Å². The third kappa shape index (κ3) is 3.16. The molecule has 1 aliphatic carbocycles. The number of para-hydroxylation sites is 1. The summed E-state index contributed by atoms with van der Waals surface area (Å²) in [6, 6.07) is 11.5. The van der Waals surface area contributed by atoms with Crippen LogP contribution in [0.2, 0.25) is 0 Å². The quantitative estimate of drug-likeness (QED) is 0.929. The molecular weight excluding hydrogens is 318 g/mol. The summed E-state index contributed by atoms with van der Waals surface area (Å²) in [6.07, 6.45) is 3.58. The smallest absolute Gasteiger partial charge is 0.308 e. The van der Waals surface area contributed by atoms with Crippen molar-refractivity contribution in [2.75, 3.05) is 13.1 Å². The molecule has 2 fully saturated rings. The molecular formula is C19H21N3O3. The van der Waals surface area contributed by atoms with Gasteiger partial charge in [-0.2, -0.15) is 5.10 Å². The van der Waals surface area contributed by atoms with Crippen molar-refractivity contribution >= 4 is 11.9 Å². The van der Waals surface area contributed by atoms with Crippen LogP contribution in [-0.2, 0) is 4.79 Å². The number of hydrogen-bond donors (Lipinski definition) is 1. The Balaban J connectivity index is 1.66. The molecule has 0 radical (unpaired) electrons. The number of hydrogen-bond acceptors (Lipinski definition) is 3. The molecule has 1 aromatic carbocycles. The van der Waals surface area contributed by atoms with Crippen molar-refractivity contribution in [1.29, 1.82) is 0 Å². The van der Waals surface area contributed by atoms with Gasteiger partial charge in [0.15, 0.2) is 0 Å². The van der Waals surface area contributed by atoms with Crippen LogP contribution in [0.3, 0.4) is 0 Å². The first-order valence-electron chi connectivity index (χ1n) is 8.81. The van der Waals surface area contributed by atoms with Gasteiger partial charge in [-0.25, -0.2) is 4.68 Å². The van der Waals surface area contributed by atoms with Gasteiger partial charge in [0.25, 0.3) is 5.91 Å². The van der Waals surface area contributed by atoms with E-state index in [0.29, 0.717) is 24.6 Å². The van der Waals surface area contributed by atoms with E-state index in [-0.39, 0.29) is 12.5 Å². The molecule has 2 aromatic rings. The highest BCUT2D eigenvalue weighted by Gasteiger charge is 2.33. The van der Waals surface area contributed by atoms with Gasteiger partial charge >= 0.3 is 5.97 Å². The van der Waals surface area contributed by atoms with Crippen molar-refractivity contribution < 1.29 is 14.7 Å². The van der Waals surface area contributed by atoms with E-state index in [0.717, 1.165) is 30.6 Å². The van der Waals surface area contributed by atoms with Crippen LogP contribution in [0.15, 0.2) is 36.4 Å². The number of carbonyl (C=O) groups is 2. The fourth-order valence-corrected chi connectivity index (χ4v) is 3.42. The average molecular weight is 339 g/mol. The maximum atomic E-state index is 13.1. The lowest BCUT2D eigenvalue weighted by Gasteiger charge is -2.30. The Kier molecular flexibility index (Phi) is 4.03. The maximum absolute atomic E-state index is 13.1. The largest absolute Gasteiger partial charge is 0.481 e. The van der Waals surface area contributed by atoms with E-state index < -0.39 is 11.9 Å². The van der Waals surface area contributed by atoms with Crippen LogP contribution in [0.4, 0.5) is 0 Å². The van der Waals surface area contributed by atoms with Crippen molar-refractivity contribution in [3.05, 3.63) is 47.8 Å². The number of likely N-dealkylation sites (tertiary alicyclic amines) is 1. The lowest BCUT2D eigenvalue weighted by Crippen LogP contribution is -2.42. The number of amides is 1. The van der Waals surface area contributed by atoms with Crippen LogP contribution in [-0.4, -0.2) is 44.8 Å². The minimum Gasteiger partial charge on any atom is -0.481 e. The zero-order valence-corrected chi connectivity index (χ0v) is 14.0. The van der Waals surface area contributed by atoms with Gasteiger partial charge in [-0.15, -0.1) is 0 Å². The number of nitrogens with zero attached hydrogens (tertiary/aromatic N) is 3. The molecule has 6 nitrogen and oxygen atoms in total. The zero-order valence-electron chi connectivity index (χ0n) is 14.0. The Hall–Kier alpha value is -2.63. The molecule has 1 saturated heterocycles. The predicted molar refractivity (Wildman–Crippen MR) is 91.8 cm³/mol. The molecule has 1 N–H and O–H groups in total. The highest BCUT2D eigenvalue weighted by molar-refractivity contribution is 5.93.